The van der Waals surface area contributed by atoms with Gasteiger partial charge >= 0.3 is 0 Å². The van der Waals surface area contributed by atoms with Crippen molar-refractivity contribution in [2.45, 2.75) is 12.5 Å². The second-order valence-electron chi connectivity index (χ2n) is 4.21. The molecule has 0 saturated heterocycles. The average Bonchev–Trinajstić information content (AvgIpc) is 2.35. The third-order valence-electron chi connectivity index (χ3n) is 2.81. The van der Waals surface area contributed by atoms with Crippen LogP contribution in [-0.4, -0.2) is 0 Å². The molecule has 0 spiro atoms. The summed E-state index contributed by atoms with van der Waals surface area (Å²) in [5.74, 6) is -0.773. The Hall–Kier alpha value is -0.970. The molecule has 1 atom stereocenters. The molecule has 5 heteroatoms. The quantitative estimate of drug-likeness (QED) is 0.862. The molecule has 100 valence electrons. The van der Waals surface area contributed by atoms with Gasteiger partial charge in [-0.2, -0.15) is 0 Å². The molecule has 2 aromatic rings. The van der Waals surface area contributed by atoms with Crippen molar-refractivity contribution in [2.24, 2.45) is 5.73 Å². The van der Waals surface area contributed by atoms with Crippen molar-refractivity contribution >= 4 is 27.5 Å². The van der Waals surface area contributed by atoms with Crippen LogP contribution in [0.15, 0.2) is 40.9 Å². The molecule has 19 heavy (non-hydrogen) atoms. The van der Waals surface area contributed by atoms with Crippen LogP contribution in [0.5, 0.6) is 0 Å². The highest BCUT2D eigenvalue weighted by molar-refractivity contribution is 9.10. The molecule has 0 aliphatic heterocycles. The van der Waals surface area contributed by atoms with Crippen LogP contribution in [0.1, 0.15) is 17.2 Å². The number of hydrogen-bond donors (Lipinski definition) is 1. The molecule has 0 aromatic heterocycles. The Balaban J connectivity index is 2.25. The van der Waals surface area contributed by atoms with Crippen LogP contribution in [0.4, 0.5) is 8.78 Å². The first kappa shape index (κ1) is 14.4. The van der Waals surface area contributed by atoms with Gasteiger partial charge in [-0.3, -0.25) is 0 Å². The minimum Gasteiger partial charge on any atom is -0.324 e. The smallest absolute Gasteiger partial charge is 0.128 e. The molecule has 0 aliphatic carbocycles. The summed E-state index contributed by atoms with van der Waals surface area (Å²) in [5, 5.41) is 0.297. The SMILES string of the molecule is NC(Cc1ccc(F)cc1Cl)c1cc(Br)ccc1F. The molecule has 1 unspecified atom stereocenters. The first-order chi connectivity index (χ1) is 8.97. The summed E-state index contributed by atoms with van der Waals surface area (Å²) in [6, 6.07) is 8.15. The minimum absolute atomic E-state index is 0.297. The van der Waals surface area contributed by atoms with Crippen molar-refractivity contribution < 1.29 is 8.78 Å². The Kier molecular flexibility index (Phi) is 4.55. The van der Waals surface area contributed by atoms with E-state index in [1.165, 1.54) is 18.2 Å². The monoisotopic (exact) mass is 345 g/mol. The molecular formula is C14H11BrClF2N. The van der Waals surface area contributed by atoms with Gasteiger partial charge in [0.15, 0.2) is 0 Å². The van der Waals surface area contributed by atoms with Gasteiger partial charge in [0, 0.05) is 21.1 Å². The molecule has 0 amide bonds. The Morgan fingerprint density at radius 3 is 2.58 bits per heavy atom. The fourth-order valence-corrected chi connectivity index (χ4v) is 2.46. The number of rotatable bonds is 3. The summed E-state index contributed by atoms with van der Waals surface area (Å²) in [6.07, 6.45) is 0.340. The summed E-state index contributed by atoms with van der Waals surface area (Å²) in [5.41, 5.74) is 7.08. The molecule has 0 aliphatic rings. The predicted molar refractivity (Wildman–Crippen MR) is 76.1 cm³/mol. The van der Waals surface area contributed by atoms with Crippen LogP contribution < -0.4 is 5.73 Å². The van der Waals surface area contributed by atoms with E-state index >= 15 is 0 Å². The Morgan fingerprint density at radius 1 is 1.16 bits per heavy atom. The lowest BCUT2D eigenvalue weighted by atomic mass is 9.99. The lowest BCUT2D eigenvalue weighted by Gasteiger charge is -2.14. The van der Waals surface area contributed by atoms with Crippen LogP contribution in [0, 0.1) is 11.6 Å². The third-order valence-corrected chi connectivity index (χ3v) is 3.66. The number of hydrogen-bond acceptors (Lipinski definition) is 1. The van der Waals surface area contributed by atoms with Crippen LogP contribution in [0.2, 0.25) is 5.02 Å². The highest BCUT2D eigenvalue weighted by atomic mass is 79.9. The summed E-state index contributed by atoms with van der Waals surface area (Å²) in [6.45, 7) is 0. The third kappa shape index (κ3) is 3.53. The minimum atomic E-state index is -0.541. The van der Waals surface area contributed by atoms with Crippen molar-refractivity contribution in [3.63, 3.8) is 0 Å². The Bertz CT molecular complexity index is 604. The molecule has 0 radical (unpaired) electrons. The van der Waals surface area contributed by atoms with Gasteiger partial charge in [-0.1, -0.05) is 33.6 Å². The molecule has 2 N–H and O–H groups in total. The van der Waals surface area contributed by atoms with E-state index in [4.69, 9.17) is 17.3 Å². The van der Waals surface area contributed by atoms with Gasteiger partial charge in [-0.05, 0) is 42.3 Å². The first-order valence-corrected chi connectivity index (χ1v) is 6.79. The maximum atomic E-state index is 13.7. The van der Waals surface area contributed by atoms with Crippen LogP contribution >= 0.6 is 27.5 Å². The summed E-state index contributed by atoms with van der Waals surface area (Å²) >= 11 is 9.21. The van der Waals surface area contributed by atoms with Crippen molar-refractivity contribution in [1.82, 2.24) is 0 Å². The average molecular weight is 347 g/mol. The van der Waals surface area contributed by atoms with E-state index < -0.39 is 11.9 Å². The fraction of sp³-hybridized carbons (Fsp3) is 0.143. The molecular weight excluding hydrogens is 336 g/mol. The Morgan fingerprint density at radius 2 is 1.89 bits per heavy atom. The maximum Gasteiger partial charge on any atom is 0.128 e. The number of benzene rings is 2. The number of nitrogens with two attached hydrogens (primary N) is 1. The lowest BCUT2D eigenvalue weighted by molar-refractivity contribution is 0.579. The standard InChI is InChI=1S/C14H11BrClF2N/c15-9-2-4-13(18)11(6-9)14(19)5-8-1-3-10(17)7-12(8)16/h1-4,6-7,14H,5,19H2. The van der Waals surface area contributed by atoms with Gasteiger partial charge < -0.3 is 5.73 Å². The molecule has 2 aromatic carbocycles. The van der Waals surface area contributed by atoms with Crippen LogP contribution in [0.3, 0.4) is 0 Å². The van der Waals surface area contributed by atoms with Crippen molar-refractivity contribution in [2.75, 3.05) is 0 Å². The molecule has 1 nitrogen and oxygen atoms in total. The molecule has 0 fully saturated rings. The van der Waals surface area contributed by atoms with E-state index in [1.54, 1.807) is 18.2 Å². The molecule has 0 heterocycles. The van der Waals surface area contributed by atoms with Gasteiger partial charge in [-0.25, -0.2) is 8.78 Å². The van der Waals surface area contributed by atoms with Gasteiger partial charge in [0.2, 0.25) is 0 Å². The van der Waals surface area contributed by atoms with E-state index in [2.05, 4.69) is 15.9 Å². The molecule has 0 saturated carbocycles. The van der Waals surface area contributed by atoms with Crippen molar-refractivity contribution in [3.8, 4) is 0 Å². The van der Waals surface area contributed by atoms with E-state index in [-0.39, 0.29) is 5.82 Å². The number of halogens is 4. The summed E-state index contributed by atoms with van der Waals surface area (Å²) in [7, 11) is 0. The van der Waals surface area contributed by atoms with Crippen LogP contribution in [-0.2, 0) is 6.42 Å². The molecule has 2 rings (SSSR count). The Labute approximate surface area is 123 Å². The second-order valence-corrected chi connectivity index (χ2v) is 5.54. The van der Waals surface area contributed by atoms with Gasteiger partial charge in [-0.15, -0.1) is 0 Å². The summed E-state index contributed by atoms with van der Waals surface area (Å²) < 4.78 is 27.4. The first-order valence-electron chi connectivity index (χ1n) is 5.62. The lowest BCUT2D eigenvalue weighted by Crippen LogP contribution is -2.15. The zero-order valence-corrected chi connectivity index (χ0v) is 12.2. The second kappa shape index (κ2) is 5.99. The van der Waals surface area contributed by atoms with E-state index in [0.717, 1.165) is 4.47 Å². The fourth-order valence-electron chi connectivity index (χ4n) is 1.83. The topological polar surface area (TPSA) is 26.0 Å². The molecule has 0 bridgehead atoms. The zero-order valence-electron chi connectivity index (χ0n) is 9.84. The van der Waals surface area contributed by atoms with Crippen molar-refractivity contribution in [3.05, 3.63) is 68.7 Å². The van der Waals surface area contributed by atoms with Crippen LogP contribution in [0.25, 0.3) is 0 Å². The predicted octanol–water partition coefficient (Wildman–Crippen LogP) is 4.62. The largest absolute Gasteiger partial charge is 0.324 e. The van der Waals surface area contributed by atoms with E-state index in [1.807, 2.05) is 0 Å². The van der Waals surface area contributed by atoms with Gasteiger partial charge in [0.25, 0.3) is 0 Å². The van der Waals surface area contributed by atoms with E-state index in [9.17, 15) is 8.78 Å². The van der Waals surface area contributed by atoms with E-state index in [0.29, 0.717) is 22.6 Å². The maximum absolute atomic E-state index is 13.7. The van der Waals surface area contributed by atoms with Gasteiger partial charge in [0.1, 0.15) is 11.6 Å². The summed E-state index contributed by atoms with van der Waals surface area (Å²) in [4.78, 5) is 0. The zero-order chi connectivity index (χ0) is 14.0. The normalized spacial score (nSPS) is 12.5. The highest BCUT2D eigenvalue weighted by Gasteiger charge is 2.14. The highest BCUT2D eigenvalue weighted by Crippen LogP contribution is 2.26. The van der Waals surface area contributed by atoms with Gasteiger partial charge in [0.05, 0.1) is 0 Å². The van der Waals surface area contributed by atoms with Crippen molar-refractivity contribution in [1.29, 1.82) is 0 Å².